The van der Waals surface area contributed by atoms with Gasteiger partial charge < -0.3 is 34.9 Å². The van der Waals surface area contributed by atoms with Crippen LogP contribution in [0.3, 0.4) is 0 Å². The number of amides is 1. The first-order valence-corrected chi connectivity index (χ1v) is 15.4. The second kappa shape index (κ2) is 11.7. The maximum atomic E-state index is 12.6. The summed E-state index contributed by atoms with van der Waals surface area (Å²) in [6, 6.07) is 8.46. The predicted octanol–water partition coefficient (Wildman–Crippen LogP) is 2.78. The standard InChI is InChI=1S/C28H34N6O7S/c1-17(36)30-24-13-22(20(14-29-24)21-5-6-23-27(32-21)40-16-28(2,3)41-23)31-25-11-18(12-26(33-25)42(4,37)38)34-8-7-19(15-34)39-10-9-35/h5-6,11-14,19,35H,7-10,15-16H2,1-4H3,(H2,29,30,31,33,36)/t19-/m0/s1. The van der Waals surface area contributed by atoms with Crippen LogP contribution < -0.4 is 25.0 Å². The molecule has 224 valence electrons. The average molecular weight is 599 g/mol. The number of nitrogens with one attached hydrogen (secondary N) is 2. The van der Waals surface area contributed by atoms with Gasteiger partial charge in [0.15, 0.2) is 20.6 Å². The fraction of sp³-hybridized carbons (Fsp3) is 0.429. The highest BCUT2D eigenvalue weighted by Crippen LogP contribution is 2.38. The van der Waals surface area contributed by atoms with Crippen LogP contribution in [-0.4, -0.2) is 85.3 Å². The number of nitrogens with zero attached hydrogens (tertiary/aromatic N) is 4. The van der Waals surface area contributed by atoms with Gasteiger partial charge in [-0.25, -0.2) is 23.4 Å². The number of hydrogen-bond donors (Lipinski definition) is 3. The van der Waals surface area contributed by atoms with Gasteiger partial charge in [0, 0.05) is 55.8 Å². The van der Waals surface area contributed by atoms with Gasteiger partial charge in [-0.1, -0.05) is 0 Å². The van der Waals surface area contributed by atoms with Gasteiger partial charge in [0.2, 0.25) is 5.91 Å². The summed E-state index contributed by atoms with van der Waals surface area (Å²) < 4.78 is 42.7. The van der Waals surface area contributed by atoms with Crippen LogP contribution in [0.15, 0.2) is 41.6 Å². The van der Waals surface area contributed by atoms with Crippen LogP contribution in [-0.2, 0) is 19.4 Å². The van der Waals surface area contributed by atoms with E-state index in [2.05, 4.69) is 25.6 Å². The Kier molecular flexibility index (Phi) is 8.21. The first kappa shape index (κ1) is 29.5. The number of anilines is 4. The Hall–Kier alpha value is -4.01. The van der Waals surface area contributed by atoms with E-state index in [0.29, 0.717) is 54.0 Å². The molecule has 42 heavy (non-hydrogen) atoms. The molecule has 14 heteroatoms. The van der Waals surface area contributed by atoms with E-state index in [1.165, 1.54) is 13.0 Å². The third-order valence-electron chi connectivity index (χ3n) is 6.64. The average Bonchev–Trinajstić information content (AvgIpc) is 3.40. The molecular weight excluding hydrogens is 564 g/mol. The van der Waals surface area contributed by atoms with Crippen molar-refractivity contribution in [1.29, 1.82) is 0 Å². The van der Waals surface area contributed by atoms with Crippen molar-refractivity contribution in [3.05, 3.63) is 36.5 Å². The molecule has 5 heterocycles. The molecule has 1 atom stereocenters. The van der Waals surface area contributed by atoms with Gasteiger partial charge in [0.1, 0.15) is 23.8 Å². The number of ether oxygens (including phenoxy) is 3. The Morgan fingerprint density at radius 2 is 2.02 bits per heavy atom. The smallest absolute Gasteiger partial charge is 0.257 e. The van der Waals surface area contributed by atoms with Crippen LogP contribution in [0.4, 0.5) is 23.0 Å². The quantitative estimate of drug-likeness (QED) is 0.330. The maximum Gasteiger partial charge on any atom is 0.257 e. The van der Waals surface area contributed by atoms with E-state index in [-0.39, 0.29) is 41.9 Å². The summed E-state index contributed by atoms with van der Waals surface area (Å²) in [5.74, 6) is 1.12. The maximum absolute atomic E-state index is 12.6. The molecule has 0 radical (unpaired) electrons. The van der Waals surface area contributed by atoms with Gasteiger partial charge in [-0.05, 0) is 38.5 Å². The van der Waals surface area contributed by atoms with Gasteiger partial charge >= 0.3 is 0 Å². The molecule has 0 bridgehead atoms. The zero-order valence-corrected chi connectivity index (χ0v) is 24.7. The van der Waals surface area contributed by atoms with Crippen molar-refractivity contribution in [3.8, 4) is 22.9 Å². The number of pyridine rings is 3. The van der Waals surface area contributed by atoms with Gasteiger partial charge in [-0.15, -0.1) is 0 Å². The second-order valence-corrected chi connectivity index (χ2v) is 12.8. The number of aliphatic hydroxyl groups is 1. The van der Waals surface area contributed by atoms with Gasteiger partial charge in [-0.2, -0.15) is 0 Å². The van der Waals surface area contributed by atoms with Crippen molar-refractivity contribution in [2.24, 2.45) is 0 Å². The normalized spacial score (nSPS) is 17.6. The molecule has 0 aromatic carbocycles. The lowest BCUT2D eigenvalue weighted by Crippen LogP contribution is -2.39. The SMILES string of the molecule is CC(=O)Nc1cc(Nc2cc(N3CC[C@H](OCCO)C3)cc(S(C)(=O)=O)n2)c(-c2ccc3c(n2)OCC(C)(C)O3)cn1. The number of hydrogen-bond acceptors (Lipinski definition) is 12. The molecule has 2 aliphatic heterocycles. The van der Waals surface area contributed by atoms with Crippen molar-refractivity contribution < 1.29 is 32.5 Å². The van der Waals surface area contributed by atoms with Crippen LogP contribution in [0.1, 0.15) is 27.2 Å². The van der Waals surface area contributed by atoms with Gasteiger partial charge in [0.25, 0.3) is 5.88 Å². The van der Waals surface area contributed by atoms with Crippen LogP contribution in [0.25, 0.3) is 11.3 Å². The number of carbonyl (C=O) groups excluding carboxylic acids is 1. The summed E-state index contributed by atoms with van der Waals surface area (Å²) in [5, 5.41) is 14.9. The van der Waals surface area contributed by atoms with Crippen molar-refractivity contribution in [2.45, 2.75) is 43.9 Å². The highest BCUT2D eigenvalue weighted by molar-refractivity contribution is 7.90. The molecule has 0 unspecified atom stereocenters. The summed E-state index contributed by atoms with van der Waals surface area (Å²) >= 11 is 0. The van der Waals surface area contributed by atoms with Gasteiger partial charge in [0.05, 0.1) is 30.7 Å². The van der Waals surface area contributed by atoms with Crippen molar-refractivity contribution in [2.75, 3.05) is 54.7 Å². The Balaban J connectivity index is 1.53. The molecule has 0 saturated carbocycles. The zero-order valence-electron chi connectivity index (χ0n) is 23.9. The second-order valence-electron chi connectivity index (χ2n) is 10.8. The van der Waals surface area contributed by atoms with Crippen LogP contribution in [0.2, 0.25) is 0 Å². The van der Waals surface area contributed by atoms with Crippen molar-refractivity contribution >= 4 is 38.8 Å². The molecule has 5 rings (SSSR count). The molecule has 0 spiro atoms. The lowest BCUT2D eigenvalue weighted by atomic mass is 10.1. The van der Waals surface area contributed by atoms with Crippen LogP contribution in [0, 0.1) is 0 Å². The molecule has 2 aliphatic rings. The number of aromatic nitrogens is 3. The molecule has 1 amide bonds. The minimum Gasteiger partial charge on any atom is -0.479 e. The third-order valence-corrected chi connectivity index (χ3v) is 7.61. The van der Waals surface area contributed by atoms with E-state index < -0.39 is 15.4 Å². The molecule has 1 saturated heterocycles. The molecule has 3 N–H and O–H groups in total. The lowest BCUT2D eigenvalue weighted by molar-refractivity contribution is -0.114. The summed E-state index contributed by atoms with van der Waals surface area (Å²) in [6.45, 7) is 6.91. The number of sulfone groups is 1. The highest BCUT2D eigenvalue weighted by Gasteiger charge is 2.30. The Labute approximate surface area is 244 Å². The largest absolute Gasteiger partial charge is 0.479 e. The summed E-state index contributed by atoms with van der Waals surface area (Å²) in [7, 11) is -3.66. The van der Waals surface area contributed by atoms with Crippen molar-refractivity contribution in [3.63, 3.8) is 0 Å². The van der Waals surface area contributed by atoms with Crippen LogP contribution >= 0.6 is 0 Å². The molecule has 13 nitrogen and oxygen atoms in total. The topological polar surface area (TPSA) is 165 Å². The number of aliphatic hydroxyl groups excluding tert-OH is 1. The fourth-order valence-electron chi connectivity index (χ4n) is 4.72. The van der Waals surface area contributed by atoms with E-state index in [9.17, 15) is 13.2 Å². The highest BCUT2D eigenvalue weighted by atomic mass is 32.2. The monoisotopic (exact) mass is 598 g/mol. The Bertz CT molecular complexity index is 1600. The van der Waals surface area contributed by atoms with E-state index in [4.69, 9.17) is 19.3 Å². The minimum absolute atomic E-state index is 0.0665. The molecule has 1 fully saturated rings. The van der Waals surface area contributed by atoms with E-state index in [0.717, 1.165) is 12.7 Å². The Morgan fingerprint density at radius 1 is 1.21 bits per heavy atom. The van der Waals surface area contributed by atoms with E-state index >= 15 is 0 Å². The molecule has 3 aromatic rings. The first-order chi connectivity index (χ1) is 19.9. The number of fused-ring (bicyclic) bond motifs is 1. The summed E-state index contributed by atoms with van der Waals surface area (Å²) in [5.41, 5.74) is 1.73. The lowest BCUT2D eigenvalue weighted by Gasteiger charge is -2.31. The predicted molar refractivity (Wildman–Crippen MR) is 156 cm³/mol. The zero-order chi connectivity index (χ0) is 30.1. The molecule has 0 aliphatic carbocycles. The van der Waals surface area contributed by atoms with Gasteiger partial charge in [-0.3, -0.25) is 4.79 Å². The fourth-order valence-corrected chi connectivity index (χ4v) is 5.32. The Morgan fingerprint density at radius 3 is 2.76 bits per heavy atom. The number of rotatable bonds is 9. The summed E-state index contributed by atoms with van der Waals surface area (Å²) in [6.07, 6.45) is 3.32. The van der Waals surface area contributed by atoms with E-state index in [1.54, 1.807) is 30.5 Å². The minimum atomic E-state index is -3.66. The first-order valence-electron chi connectivity index (χ1n) is 13.5. The van der Waals surface area contributed by atoms with E-state index in [1.807, 2.05) is 18.7 Å². The number of carbonyl (C=O) groups is 1. The molecule has 3 aromatic heterocycles. The van der Waals surface area contributed by atoms with Crippen molar-refractivity contribution in [1.82, 2.24) is 15.0 Å². The molecular formula is C28H34N6O7S. The summed E-state index contributed by atoms with van der Waals surface area (Å²) in [4.78, 5) is 27.2. The van der Waals surface area contributed by atoms with Crippen LogP contribution in [0.5, 0.6) is 11.6 Å². The third kappa shape index (κ3) is 6.89.